The van der Waals surface area contributed by atoms with Crippen molar-refractivity contribution in [3.63, 3.8) is 0 Å². The van der Waals surface area contributed by atoms with Gasteiger partial charge in [0.1, 0.15) is 16.5 Å². The van der Waals surface area contributed by atoms with E-state index in [1.54, 1.807) is 11.3 Å². The zero-order valence-electron chi connectivity index (χ0n) is 11.8. The SMILES string of the molecule is Cc1sc2nc(CSC3CCOCC3)nc(N)c2c1C. The van der Waals surface area contributed by atoms with E-state index in [4.69, 9.17) is 10.5 Å². The first kappa shape index (κ1) is 14.1. The van der Waals surface area contributed by atoms with Crippen molar-refractivity contribution in [2.24, 2.45) is 0 Å². The molecule has 3 heterocycles. The fourth-order valence-electron chi connectivity index (χ4n) is 2.43. The van der Waals surface area contributed by atoms with Crippen LogP contribution in [0, 0.1) is 13.8 Å². The molecular weight excluding hydrogens is 290 g/mol. The molecule has 0 atom stereocenters. The molecule has 0 amide bonds. The maximum atomic E-state index is 6.11. The number of thioether (sulfide) groups is 1. The third-order valence-corrected chi connectivity index (χ3v) is 6.19. The predicted molar refractivity (Wildman–Crippen MR) is 86.4 cm³/mol. The zero-order valence-corrected chi connectivity index (χ0v) is 13.4. The summed E-state index contributed by atoms with van der Waals surface area (Å²) in [5.74, 6) is 2.31. The van der Waals surface area contributed by atoms with Crippen molar-refractivity contribution >= 4 is 39.1 Å². The van der Waals surface area contributed by atoms with Gasteiger partial charge in [-0.15, -0.1) is 11.3 Å². The molecule has 0 aliphatic carbocycles. The summed E-state index contributed by atoms with van der Waals surface area (Å²) in [6.45, 7) is 5.95. The molecule has 108 valence electrons. The summed E-state index contributed by atoms with van der Waals surface area (Å²) in [7, 11) is 0. The Balaban J connectivity index is 1.78. The molecule has 0 unspecified atom stereocenters. The summed E-state index contributed by atoms with van der Waals surface area (Å²) in [6, 6.07) is 0. The molecule has 2 N–H and O–H groups in total. The van der Waals surface area contributed by atoms with Gasteiger partial charge in [-0.2, -0.15) is 11.8 Å². The van der Waals surface area contributed by atoms with Crippen LogP contribution in [0.2, 0.25) is 0 Å². The van der Waals surface area contributed by atoms with Gasteiger partial charge in [-0.25, -0.2) is 9.97 Å². The summed E-state index contributed by atoms with van der Waals surface area (Å²) < 4.78 is 5.38. The van der Waals surface area contributed by atoms with Crippen molar-refractivity contribution in [2.45, 2.75) is 37.7 Å². The summed E-state index contributed by atoms with van der Waals surface area (Å²) >= 11 is 3.63. The van der Waals surface area contributed by atoms with Gasteiger partial charge >= 0.3 is 0 Å². The number of anilines is 1. The van der Waals surface area contributed by atoms with Gasteiger partial charge in [0.15, 0.2) is 0 Å². The van der Waals surface area contributed by atoms with Crippen LogP contribution in [0.5, 0.6) is 0 Å². The average molecular weight is 309 g/mol. The Hall–Kier alpha value is -0.850. The van der Waals surface area contributed by atoms with Crippen LogP contribution in [0.1, 0.15) is 29.1 Å². The number of fused-ring (bicyclic) bond motifs is 1. The quantitative estimate of drug-likeness (QED) is 0.942. The van der Waals surface area contributed by atoms with Crippen LogP contribution in [-0.2, 0) is 10.5 Å². The first-order chi connectivity index (χ1) is 9.65. The number of nitrogen functional groups attached to an aromatic ring is 1. The fourth-order valence-corrected chi connectivity index (χ4v) is 4.52. The monoisotopic (exact) mass is 309 g/mol. The topological polar surface area (TPSA) is 61.0 Å². The van der Waals surface area contributed by atoms with E-state index in [0.29, 0.717) is 11.1 Å². The second-order valence-electron chi connectivity index (χ2n) is 5.11. The first-order valence-electron chi connectivity index (χ1n) is 6.86. The van der Waals surface area contributed by atoms with Crippen molar-refractivity contribution in [1.29, 1.82) is 0 Å². The number of nitrogens with zero attached hydrogens (tertiary/aromatic N) is 2. The van der Waals surface area contributed by atoms with Crippen molar-refractivity contribution < 1.29 is 4.74 Å². The van der Waals surface area contributed by atoms with E-state index in [-0.39, 0.29) is 0 Å². The second-order valence-corrected chi connectivity index (χ2v) is 7.60. The Bertz CT molecular complexity index is 620. The number of hydrogen-bond donors (Lipinski definition) is 1. The Morgan fingerprint density at radius 3 is 2.80 bits per heavy atom. The van der Waals surface area contributed by atoms with Crippen LogP contribution < -0.4 is 5.73 Å². The summed E-state index contributed by atoms with van der Waals surface area (Å²) in [4.78, 5) is 11.5. The average Bonchev–Trinajstić information content (AvgIpc) is 2.73. The molecule has 1 fully saturated rings. The molecule has 20 heavy (non-hydrogen) atoms. The molecule has 0 bridgehead atoms. The largest absolute Gasteiger partial charge is 0.383 e. The van der Waals surface area contributed by atoms with Gasteiger partial charge in [-0.3, -0.25) is 0 Å². The van der Waals surface area contributed by atoms with E-state index >= 15 is 0 Å². The Morgan fingerprint density at radius 2 is 2.05 bits per heavy atom. The molecule has 0 saturated carbocycles. The number of thiophene rings is 1. The third kappa shape index (κ3) is 2.77. The highest BCUT2D eigenvalue weighted by molar-refractivity contribution is 7.99. The smallest absolute Gasteiger partial charge is 0.142 e. The fraction of sp³-hybridized carbons (Fsp3) is 0.571. The van der Waals surface area contributed by atoms with Gasteiger partial charge in [-0.05, 0) is 32.3 Å². The minimum Gasteiger partial charge on any atom is -0.383 e. The summed E-state index contributed by atoms with van der Waals surface area (Å²) in [6.07, 6.45) is 2.25. The van der Waals surface area contributed by atoms with E-state index in [1.807, 2.05) is 11.8 Å². The Kier molecular flexibility index (Phi) is 4.14. The van der Waals surface area contributed by atoms with E-state index in [9.17, 15) is 0 Å². The minimum absolute atomic E-state index is 0.624. The molecule has 0 spiro atoms. The van der Waals surface area contributed by atoms with E-state index in [0.717, 1.165) is 47.8 Å². The number of aryl methyl sites for hydroxylation is 2. The lowest BCUT2D eigenvalue weighted by Gasteiger charge is -2.21. The van der Waals surface area contributed by atoms with Gasteiger partial charge < -0.3 is 10.5 Å². The molecule has 3 rings (SSSR count). The van der Waals surface area contributed by atoms with Crippen LogP contribution in [-0.4, -0.2) is 28.4 Å². The number of aromatic nitrogens is 2. The maximum Gasteiger partial charge on any atom is 0.142 e. The molecular formula is C14H19N3OS2. The highest BCUT2D eigenvalue weighted by Gasteiger charge is 2.16. The predicted octanol–water partition coefficient (Wildman–Crippen LogP) is 3.30. The van der Waals surface area contributed by atoms with Crippen LogP contribution >= 0.6 is 23.1 Å². The molecule has 4 nitrogen and oxygen atoms in total. The lowest BCUT2D eigenvalue weighted by Crippen LogP contribution is -2.17. The Morgan fingerprint density at radius 1 is 1.30 bits per heavy atom. The number of hydrogen-bond acceptors (Lipinski definition) is 6. The lowest BCUT2D eigenvalue weighted by molar-refractivity contribution is 0.1000. The van der Waals surface area contributed by atoms with Crippen molar-refractivity contribution in [2.75, 3.05) is 18.9 Å². The highest BCUT2D eigenvalue weighted by atomic mass is 32.2. The van der Waals surface area contributed by atoms with Gasteiger partial charge in [0.2, 0.25) is 0 Å². The van der Waals surface area contributed by atoms with Gasteiger partial charge in [0, 0.05) is 23.3 Å². The van der Waals surface area contributed by atoms with Gasteiger partial charge in [-0.1, -0.05) is 0 Å². The van der Waals surface area contributed by atoms with Gasteiger partial charge in [0.25, 0.3) is 0 Å². The van der Waals surface area contributed by atoms with Crippen molar-refractivity contribution in [3.8, 4) is 0 Å². The highest BCUT2D eigenvalue weighted by Crippen LogP contribution is 2.33. The molecule has 1 saturated heterocycles. The van der Waals surface area contributed by atoms with Crippen molar-refractivity contribution in [1.82, 2.24) is 9.97 Å². The molecule has 6 heteroatoms. The molecule has 2 aromatic rings. The zero-order chi connectivity index (χ0) is 14.1. The summed E-state index contributed by atoms with van der Waals surface area (Å²) in [5, 5.41) is 1.70. The van der Waals surface area contributed by atoms with Crippen LogP contribution in [0.25, 0.3) is 10.2 Å². The molecule has 1 aliphatic heterocycles. The first-order valence-corrected chi connectivity index (χ1v) is 8.73. The van der Waals surface area contributed by atoms with E-state index < -0.39 is 0 Å². The van der Waals surface area contributed by atoms with E-state index in [2.05, 4.69) is 23.8 Å². The standard InChI is InChI=1S/C14H19N3OS2/c1-8-9(2)20-14-12(8)13(15)16-11(17-14)7-19-10-3-5-18-6-4-10/h10H,3-7H2,1-2H3,(H2,15,16,17). The van der Waals surface area contributed by atoms with E-state index in [1.165, 1.54) is 10.4 Å². The number of ether oxygens (including phenoxy) is 1. The van der Waals surface area contributed by atoms with Crippen LogP contribution in [0.15, 0.2) is 0 Å². The maximum absolute atomic E-state index is 6.11. The third-order valence-electron chi connectivity index (χ3n) is 3.72. The second kappa shape index (κ2) is 5.87. The number of rotatable bonds is 3. The molecule has 2 aromatic heterocycles. The van der Waals surface area contributed by atoms with Crippen LogP contribution in [0.3, 0.4) is 0 Å². The molecule has 0 aromatic carbocycles. The lowest BCUT2D eigenvalue weighted by atomic mass is 10.2. The van der Waals surface area contributed by atoms with Crippen LogP contribution in [0.4, 0.5) is 5.82 Å². The van der Waals surface area contributed by atoms with Gasteiger partial charge in [0.05, 0.1) is 11.1 Å². The summed E-state index contributed by atoms with van der Waals surface area (Å²) in [5.41, 5.74) is 7.32. The van der Waals surface area contributed by atoms with Crippen molar-refractivity contribution in [3.05, 3.63) is 16.3 Å². The molecule has 1 aliphatic rings. The minimum atomic E-state index is 0.624. The normalized spacial score (nSPS) is 16.9. The molecule has 0 radical (unpaired) electrons. The Labute approximate surface area is 127 Å². The number of nitrogens with two attached hydrogens (primary N) is 1.